The van der Waals surface area contributed by atoms with E-state index in [0.717, 1.165) is 30.1 Å². The van der Waals surface area contributed by atoms with E-state index < -0.39 is 0 Å². The van der Waals surface area contributed by atoms with Crippen LogP contribution in [0.1, 0.15) is 21.6 Å². The fraction of sp³-hybridized carbons (Fsp3) is 0.250. The summed E-state index contributed by atoms with van der Waals surface area (Å²) in [5, 5.41) is 11.8. The number of carbonyl (C=O) groups is 1. The Labute approximate surface area is 156 Å². The monoisotopic (exact) mass is 361 g/mol. The third-order valence-electron chi connectivity index (χ3n) is 4.57. The molecule has 0 unspecified atom stereocenters. The van der Waals surface area contributed by atoms with Crippen molar-refractivity contribution < 1.29 is 9.53 Å². The summed E-state index contributed by atoms with van der Waals surface area (Å²) in [5.41, 5.74) is 2.71. The Morgan fingerprint density at radius 1 is 1.19 bits per heavy atom. The molecule has 1 N–H and O–H groups in total. The number of amides is 1. The average Bonchev–Trinajstić information content (AvgIpc) is 3.13. The number of carbonyl (C=O) groups excluding carboxylic acids is 1. The van der Waals surface area contributed by atoms with Gasteiger partial charge in [0, 0.05) is 25.8 Å². The number of ether oxygens (including phenoxy) is 1. The summed E-state index contributed by atoms with van der Waals surface area (Å²) in [6.45, 7) is 3.19. The lowest BCUT2D eigenvalue weighted by atomic mass is 10.1. The lowest BCUT2D eigenvalue weighted by molar-refractivity contribution is 0.0948. The molecule has 1 saturated heterocycles. The van der Waals surface area contributed by atoms with Gasteiger partial charge in [0.1, 0.15) is 0 Å². The molecule has 2 aromatic heterocycles. The van der Waals surface area contributed by atoms with Gasteiger partial charge in [-0.15, -0.1) is 0 Å². The number of hydrogen-bond donors (Lipinski definition) is 1. The van der Waals surface area contributed by atoms with E-state index in [1.807, 2.05) is 40.9 Å². The molecule has 0 saturated carbocycles. The summed E-state index contributed by atoms with van der Waals surface area (Å²) in [6, 6.07) is 15.0. The van der Waals surface area contributed by atoms with Crippen LogP contribution in [0.5, 0.6) is 0 Å². The van der Waals surface area contributed by atoms with Crippen molar-refractivity contribution in [2.45, 2.75) is 6.54 Å². The molecule has 0 bridgehead atoms. The first-order chi connectivity index (χ1) is 13.3. The van der Waals surface area contributed by atoms with Crippen LogP contribution in [0.3, 0.4) is 0 Å². The van der Waals surface area contributed by atoms with Gasteiger partial charge in [-0.25, -0.2) is 4.98 Å². The standard InChI is InChI=1S/C20H19N5O2/c21-13-15-4-6-16(7-5-15)14-22-19(26)18-17-3-1-2-8-25(17)20(23-18)24-9-11-27-12-10-24/h1-8H,9-12,14H2,(H,22,26). The maximum absolute atomic E-state index is 12.8. The summed E-state index contributed by atoms with van der Waals surface area (Å²) in [6.07, 6.45) is 1.92. The van der Waals surface area contributed by atoms with E-state index in [2.05, 4.69) is 21.3 Å². The minimum Gasteiger partial charge on any atom is -0.378 e. The second-order valence-electron chi connectivity index (χ2n) is 6.31. The van der Waals surface area contributed by atoms with Crippen molar-refractivity contribution >= 4 is 17.4 Å². The van der Waals surface area contributed by atoms with Gasteiger partial charge in [-0.3, -0.25) is 9.20 Å². The van der Waals surface area contributed by atoms with Gasteiger partial charge < -0.3 is 15.0 Å². The quantitative estimate of drug-likeness (QED) is 0.768. The number of morpholine rings is 1. The van der Waals surface area contributed by atoms with Gasteiger partial charge in [-0.1, -0.05) is 18.2 Å². The highest BCUT2D eigenvalue weighted by molar-refractivity contribution is 5.99. The second-order valence-corrected chi connectivity index (χ2v) is 6.31. The van der Waals surface area contributed by atoms with E-state index in [9.17, 15) is 4.79 Å². The summed E-state index contributed by atoms with van der Waals surface area (Å²) in [7, 11) is 0. The van der Waals surface area contributed by atoms with Gasteiger partial charge in [0.25, 0.3) is 5.91 Å². The number of nitrogens with zero attached hydrogens (tertiary/aromatic N) is 4. The smallest absolute Gasteiger partial charge is 0.272 e. The maximum Gasteiger partial charge on any atom is 0.272 e. The molecular weight excluding hydrogens is 342 g/mol. The topological polar surface area (TPSA) is 82.7 Å². The van der Waals surface area contributed by atoms with E-state index in [1.54, 1.807) is 12.1 Å². The van der Waals surface area contributed by atoms with Gasteiger partial charge in [-0.2, -0.15) is 5.26 Å². The second kappa shape index (κ2) is 7.48. The van der Waals surface area contributed by atoms with Gasteiger partial charge >= 0.3 is 0 Å². The van der Waals surface area contributed by atoms with Crippen LogP contribution in [0.15, 0.2) is 48.7 Å². The van der Waals surface area contributed by atoms with Crippen molar-refractivity contribution in [3.8, 4) is 6.07 Å². The Morgan fingerprint density at radius 3 is 2.70 bits per heavy atom. The van der Waals surface area contributed by atoms with Crippen LogP contribution in [-0.2, 0) is 11.3 Å². The SMILES string of the molecule is N#Cc1ccc(CNC(=O)c2nc(N3CCOCC3)n3ccccc23)cc1. The van der Waals surface area contributed by atoms with Crippen LogP contribution in [0.25, 0.3) is 5.52 Å². The molecule has 4 rings (SSSR count). The number of imidazole rings is 1. The fourth-order valence-corrected chi connectivity index (χ4v) is 3.14. The van der Waals surface area contributed by atoms with E-state index >= 15 is 0 Å². The zero-order valence-corrected chi connectivity index (χ0v) is 14.8. The molecule has 1 fully saturated rings. The summed E-state index contributed by atoms with van der Waals surface area (Å²) >= 11 is 0. The lowest BCUT2D eigenvalue weighted by Gasteiger charge is -2.27. The van der Waals surface area contributed by atoms with Crippen molar-refractivity contribution in [3.05, 3.63) is 65.5 Å². The van der Waals surface area contributed by atoms with Crippen LogP contribution >= 0.6 is 0 Å². The van der Waals surface area contributed by atoms with Crippen LogP contribution in [0.2, 0.25) is 0 Å². The first-order valence-electron chi connectivity index (χ1n) is 8.83. The summed E-state index contributed by atoms with van der Waals surface area (Å²) < 4.78 is 7.36. The predicted molar refractivity (Wildman–Crippen MR) is 101 cm³/mol. The number of rotatable bonds is 4. The number of pyridine rings is 1. The van der Waals surface area contributed by atoms with E-state index in [4.69, 9.17) is 10.00 Å². The van der Waals surface area contributed by atoms with Crippen molar-refractivity contribution in [2.75, 3.05) is 31.2 Å². The molecule has 3 heterocycles. The maximum atomic E-state index is 12.8. The first-order valence-corrected chi connectivity index (χ1v) is 8.83. The molecule has 7 nitrogen and oxygen atoms in total. The van der Waals surface area contributed by atoms with Crippen molar-refractivity contribution in [3.63, 3.8) is 0 Å². The average molecular weight is 361 g/mol. The van der Waals surface area contributed by atoms with Crippen LogP contribution < -0.4 is 10.2 Å². The zero-order valence-electron chi connectivity index (χ0n) is 14.8. The number of nitriles is 1. The summed E-state index contributed by atoms with van der Waals surface area (Å²) in [5.74, 6) is 0.542. The van der Waals surface area contributed by atoms with Crippen LogP contribution in [0, 0.1) is 11.3 Å². The molecule has 27 heavy (non-hydrogen) atoms. The Balaban J connectivity index is 1.56. The van der Waals surface area contributed by atoms with E-state index in [-0.39, 0.29) is 5.91 Å². The Hall–Kier alpha value is -3.37. The Bertz CT molecular complexity index is 997. The highest BCUT2D eigenvalue weighted by Gasteiger charge is 2.22. The molecule has 7 heteroatoms. The molecule has 0 spiro atoms. The van der Waals surface area contributed by atoms with Gasteiger partial charge in [-0.05, 0) is 29.8 Å². The third kappa shape index (κ3) is 3.48. The Morgan fingerprint density at radius 2 is 1.96 bits per heavy atom. The lowest BCUT2D eigenvalue weighted by Crippen LogP contribution is -2.37. The molecule has 0 aliphatic carbocycles. The fourth-order valence-electron chi connectivity index (χ4n) is 3.14. The molecular formula is C20H19N5O2. The molecule has 1 aliphatic rings. The number of hydrogen-bond acceptors (Lipinski definition) is 5. The van der Waals surface area contributed by atoms with E-state index in [1.165, 1.54) is 0 Å². The number of anilines is 1. The van der Waals surface area contributed by atoms with Crippen LogP contribution in [-0.4, -0.2) is 41.6 Å². The molecule has 0 atom stereocenters. The van der Waals surface area contributed by atoms with Gasteiger partial charge in [0.15, 0.2) is 5.69 Å². The highest BCUT2D eigenvalue weighted by Crippen LogP contribution is 2.21. The van der Waals surface area contributed by atoms with Gasteiger partial charge in [0.05, 0.1) is 30.4 Å². The Kier molecular flexibility index (Phi) is 4.73. The number of fused-ring (bicyclic) bond motifs is 1. The minimum atomic E-state index is -0.220. The minimum absolute atomic E-state index is 0.220. The third-order valence-corrected chi connectivity index (χ3v) is 4.57. The number of aromatic nitrogens is 2. The first kappa shape index (κ1) is 17.1. The molecule has 136 valence electrons. The molecule has 1 amide bonds. The van der Waals surface area contributed by atoms with Crippen molar-refractivity contribution in [1.29, 1.82) is 5.26 Å². The van der Waals surface area contributed by atoms with Crippen molar-refractivity contribution in [1.82, 2.24) is 14.7 Å². The zero-order chi connectivity index (χ0) is 18.6. The number of benzene rings is 1. The molecule has 3 aromatic rings. The molecule has 1 aliphatic heterocycles. The van der Waals surface area contributed by atoms with Gasteiger partial charge in [0.2, 0.25) is 5.95 Å². The molecule has 0 radical (unpaired) electrons. The predicted octanol–water partition coefficient (Wildman–Crippen LogP) is 1.97. The summed E-state index contributed by atoms with van der Waals surface area (Å²) in [4.78, 5) is 19.5. The largest absolute Gasteiger partial charge is 0.378 e. The highest BCUT2D eigenvalue weighted by atomic mass is 16.5. The number of nitrogens with one attached hydrogen (secondary N) is 1. The normalized spacial score (nSPS) is 14.1. The molecule has 1 aromatic carbocycles. The van der Waals surface area contributed by atoms with Crippen molar-refractivity contribution in [2.24, 2.45) is 0 Å². The van der Waals surface area contributed by atoms with E-state index in [0.29, 0.717) is 31.0 Å². The van der Waals surface area contributed by atoms with Crippen LogP contribution in [0.4, 0.5) is 5.95 Å².